The highest BCUT2D eigenvalue weighted by atomic mass is 16.4. The number of aliphatic hydroxyl groups excluding tert-OH is 4. The minimum absolute atomic E-state index is 0.164. The molecule has 0 heterocycles. The van der Waals surface area contributed by atoms with Gasteiger partial charge in [0.25, 0.3) is 0 Å². The number of aromatic hydroxyl groups is 1. The zero-order chi connectivity index (χ0) is 14.0. The fraction of sp³-hybridized carbons (Fsp3) is 0.538. The molecule has 0 saturated heterocycles. The number of aliphatic hydroxyl groups is 4. The third-order valence-electron chi connectivity index (χ3n) is 3.51. The number of phenols is 1. The fourth-order valence-electron chi connectivity index (χ4n) is 2.27. The van der Waals surface area contributed by atoms with Crippen molar-refractivity contribution >= 4 is 0 Å². The van der Waals surface area contributed by atoms with E-state index in [1.807, 2.05) is 0 Å². The SMILES string of the molecule is Oc1ccc(CN[C@H]2C[C@@H](O)[C@H](O)[C@@H](O)[C@H]2O)cc1. The molecule has 1 aliphatic carbocycles. The van der Waals surface area contributed by atoms with E-state index >= 15 is 0 Å². The number of nitrogens with one attached hydrogen (secondary N) is 1. The first-order valence-corrected chi connectivity index (χ1v) is 6.22. The number of hydrogen-bond donors (Lipinski definition) is 6. The molecule has 1 aliphatic rings. The van der Waals surface area contributed by atoms with Crippen LogP contribution in [0.15, 0.2) is 24.3 Å². The molecule has 2 rings (SSSR count). The molecule has 5 atom stereocenters. The molecular formula is C13H19NO5. The average molecular weight is 269 g/mol. The van der Waals surface area contributed by atoms with Crippen molar-refractivity contribution in [1.29, 1.82) is 0 Å². The molecule has 0 aliphatic heterocycles. The maximum Gasteiger partial charge on any atom is 0.115 e. The molecule has 6 N–H and O–H groups in total. The molecule has 1 aromatic carbocycles. The summed E-state index contributed by atoms with van der Waals surface area (Å²) in [5.74, 6) is 0.176. The third kappa shape index (κ3) is 3.23. The molecule has 0 radical (unpaired) electrons. The van der Waals surface area contributed by atoms with Crippen LogP contribution in [-0.4, -0.2) is 56.0 Å². The van der Waals surface area contributed by atoms with E-state index in [4.69, 9.17) is 5.11 Å². The van der Waals surface area contributed by atoms with Gasteiger partial charge in [0.05, 0.1) is 12.2 Å². The molecule has 0 spiro atoms. The van der Waals surface area contributed by atoms with Gasteiger partial charge in [0.15, 0.2) is 0 Å². The zero-order valence-electron chi connectivity index (χ0n) is 10.3. The number of benzene rings is 1. The predicted molar refractivity (Wildman–Crippen MR) is 67.4 cm³/mol. The summed E-state index contributed by atoms with van der Waals surface area (Å²) in [5, 5.41) is 50.6. The van der Waals surface area contributed by atoms with Crippen molar-refractivity contribution in [3.63, 3.8) is 0 Å². The molecule has 0 unspecified atom stereocenters. The van der Waals surface area contributed by atoms with Gasteiger partial charge in [-0.25, -0.2) is 0 Å². The van der Waals surface area contributed by atoms with E-state index < -0.39 is 30.5 Å². The largest absolute Gasteiger partial charge is 0.508 e. The van der Waals surface area contributed by atoms with Crippen molar-refractivity contribution < 1.29 is 25.5 Å². The number of phenolic OH excluding ortho intramolecular Hbond substituents is 1. The maximum atomic E-state index is 9.82. The lowest BCUT2D eigenvalue weighted by Crippen LogP contribution is -2.59. The zero-order valence-corrected chi connectivity index (χ0v) is 10.3. The van der Waals surface area contributed by atoms with Gasteiger partial charge in [0, 0.05) is 12.6 Å². The number of rotatable bonds is 3. The summed E-state index contributed by atoms with van der Waals surface area (Å²) in [6.45, 7) is 0.428. The van der Waals surface area contributed by atoms with E-state index in [-0.39, 0.29) is 12.2 Å². The van der Waals surface area contributed by atoms with Gasteiger partial charge >= 0.3 is 0 Å². The lowest BCUT2D eigenvalue weighted by molar-refractivity contribution is -0.146. The molecule has 1 fully saturated rings. The highest BCUT2D eigenvalue weighted by molar-refractivity contribution is 5.25. The Labute approximate surface area is 111 Å². The third-order valence-corrected chi connectivity index (χ3v) is 3.51. The summed E-state index contributed by atoms with van der Waals surface area (Å²) in [6.07, 6.45) is -4.70. The second-order valence-corrected chi connectivity index (χ2v) is 4.93. The average Bonchev–Trinajstić information content (AvgIpc) is 2.41. The van der Waals surface area contributed by atoms with E-state index in [0.29, 0.717) is 6.54 Å². The van der Waals surface area contributed by atoms with E-state index in [1.54, 1.807) is 24.3 Å². The number of hydrogen-bond acceptors (Lipinski definition) is 6. The van der Waals surface area contributed by atoms with Crippen LogP contribution in [0.5, 0.6) is 5.75 Å². The van der Waals surface area contributed by atoms with Gasteiger partial charge in [-0.2, -0.15) is 0 Å². The van der Waals surface area contributed by atoms with Gasteiger partial charge in [0.2, 0.25) is 0 Å². The van der Waals surface area contributed by atoms with Crippen LogP contribution in [0.25, 0.3) is 0 Å². The Kier molecular flexibility index (Phi) is 4.38. The second-order valence-electron chi connectivity index (χ2n) is 4.93. The molecule has 0 aromatic heterocycles. The van der Waals surface area contributed by atoms with Crippen molar-refractivity contribution in [2.75, 3.05) is 0 Å². The van der Waals surface area contributed by atoms with Crippen LogP contribution in [0.2, 0.25) is 0 Å². The summed E-state index contributed by atoms with van der Waals surface area (Å²) < 4.78 is 0. The van der Waals surface area contributed by atoms with Crippen LogP contribution in [0.4, 0.5) is 0 Å². The summed E-state index contributed by atoms with van der Waals surface area (Å²) in [6, 6.07) is 6.09. The van der Waals surface area contributed by atoms with E-state index in [1.165, 1.54) is 0 Å². The Hall–Kier alpha value is -1.18. The molecule has 6 nitrogen and oxygen atoms in total. The monoisotopic (exact) mass is 269 g/mol. The molecule has 0 amide bonds. The van der Waals surface area contributed by atoms with E-state index in [9.17, 15) is 20.4 Å². The van der Waals surface area contributed by atoms with Crippen LogP contribution >= 0.6 is 0 Å². The summed E-state index contributed by atoms with van der Waals surface area (Å²) in [4.78, 5) is 0. The predicted octanol–water partition coefficient (Wildman–Crippen LogP) is -1.30. The summed E-state index contributed by atoms with van der Waals surface area (Å²) >= 11 is 0. The van der Waals surface area contributed by atoms with Crippen LogP contribution in [-0.2, 0) is 6.54 Å². The first-order valence-electron chi connectivity index (χ1n) is 6.22. The Morgan fingerprint density at radius 1 is 0.947 bits per heavy atom. The Bertz CT molecular complexity index is 410. The Morgan fingerprint density at radius 3 is 2.21 bits per heavy atom. The van der Waals surface area contributed by atoms with Gasteiger partial charge in [-0.05, 0) is 24.1 Å². The van der Waals surface area contributed by atoms with E-state index in [0.717, 1.165) is 5.56 Å². The van der Waals surface area contributed by atoms with Crippen molar-refractivity contribution in [3.05, 3.63) is 29.8 Å². The van der Waals surface area contributed by atoms with Crippen molar-refractivity contribution in [2.24, 2.45) is 0 Å². The first kappa shape index (κ1) is 14.2. The summed E-state index contributed by atoms with van der Waals surface area (Å²) in [5.41, 5.74) is 0.903. The minimum atomic E-state index is -1.36. The van der Waals surface area contributed by atoms with Crippen molar-refractivity contribution in [1.82, 2.24) is 5.32 Å². The Morgan fingerprint density at radius 2 is 1.58 bits per heavy atom. The topological polar surface area (TPSA) is 113 Å². The lowest BCUT2D eigenvalue weighted by atomic mass is 9.85. The molecule has 1 aromatic rings. The van der Waals surface area contributed by atoms with Gasteiger partial charge < -0.3 is 30.8 Å². The highest BCUT2D eigenvalue weighted by Gasteiger charge is 2.41. The molecule has 106 valence electrons. The van der Waals surface area contributed by atoms with E-state index in [2.05, 4.69) is 5.32 Å². The van der Waals surface area contributed by atoms with Gasteiger partial charge in [0.1, 0.15) is 18.0 Å². The van der Waals surface area contributed by atoms with Crippen LogP contribution in [0, 0.1) is 0 Å². The van der Waals surface area contributed by atoms with Crippen molar-refractivity contribution in [2.45, 2.75) is 43.4 Å². The van der Waals surface area contributed by atoms with Crippen LogP contribution in [0.1, 0.15) is 12.0 Å². The van der Waals surface area contributed by atoms with Gasteiger partial charge in [-0.1, -0.05) is 12.1 Å². The fourth-order valence-corrected chi connectivity index (χ4v) is 2.27. The molecule has 6 heteroatoms. The smallest absolute Gasteiger partial charge is 0.115 e. The maximum absolute atomic E-state index is 9.82. The lowest BCUT2D eigenvalue weighted by Gasteiger charge is -2.38. The first-order chi connectivity index (χ1) is 8.99. The molecule has 1 saturated carbocycles. The second kappa shape index (κ2) is 5.85. The normalized spacial score (nSPS) is 35.3. The molecular weight excluding hydrogens is 250 g/mol. The molecule has 19 heavy (non-hydrogen) atoms. The van der Waals surface area contributed by atoms with Gasteiger partial charge in [-0.15, -0.1) is 0 Å². The Balaban J connectivity index is 1.93. The molecule has 0 bridgehead atoms. The highest BCUT2D eigenvalue weighted by Crippen LogP contribution is 2.21. The minimum Gasteiger partial charge on any atom is -0.508 e. The van der Waals surface area contributed by atoms with Gasteiger partial charge in [-0.3, -0.25) is 0 Å². The quantitative estimate of drug-likeness (QED) is 0.406. The van der Waals surface area contributed by atoms with Crippen LogP contribution < -0.4 is 5.32 Å². The standard InChI is InChI=1S/C13H19NO5/c15-8-3-1-7(2-4-8)6-14-9-5-10(16)12(18)13(19)11(9)17/h1-4,9-19H,5-6H2/t9-,10+,11-,12-,13-/m0/s1. The van der Waals surface area contributed by atoms with Crippen molar-refractivity contribution in [3.8, 4) is 5.75 Å². The summed E-state index contributed by atoms with van der Waals surface area (Å²) in [7, 11) is 0. The van der Waals surface area contributed by atoms with Crippen LogP contribution in [0.3, 0.4) is 0 Å².